The van der Waals surface area contributed by atoms with Gasteiger partial charge in [0.05, 0.1) is 29.6 Å². The van der Waals surface area contributed by atoms with E-state index in [-0.39, 0.29) is 18.2 Å². The van der Waals surface area contributed by atoms with Gasteiger partial charge in [0.2, 0.25) is 0 Å². The van der Waals surface area contributed by atoms with E-state index in [0.29, 0.717) is 11.1 Å². The molecule has 3 atom stereocenters. The molecule has 2 bridgehead atoms. The van der Waals surface area contributed by atoms with Gasteiger partial charge in [-0.3, -0.25) is 0 Å². The molecule has 1 aromatic carbocycles. The third-order valence-corrected chi connectivity index (χ3v) is 5.31. The van der Waals surface area contributed by atoms with E-state index in [1.54, 1.807) is 0 Å². The molecular weight excluding hydrogens is 314 g/mol. The molecule has 0 aromatic heterocycles. The number of carbonyl (C=O) groups is 1. The second kappa shape index (κ2) is 6.21. The van der Waals surface area contributed by atoms with Crippen molar-refractivity contribution < 1.29 is 9.53 Å². The molecule has 2 amide bonds. The lowest BCUT2D eigenvalue weighted by molar-refractivity contribution is 0.0984. The number of nitrogens with zero attached hydrogens (tertiary/aromatic N) is 1. The second-order valence-electron chi connectivity index (χ2n) is 6.67. The Kier molecular flexibility index (Phi) is 4.07. The van der Waals surface area contributed by atoms with Crippen LogP contribution in [0, 0.1) is 0 Å². The molecule has 0 spiro atoms. The van der Waals surface area contributed by atoms with Gasteiger partial charge in [0.1, 0.15) is 0 Å². The quantitative estimate of drug-likeness (QED) is 0.890. The van der Waals surface area contributed by atoms with Gasteiger partial charge in [0.15, 0.2) is 0 Å². The van der Waals surface area contributed by atoms with Crippen LogP contribution in [0.1, 0.15) is 32.1 Å². The van der Waals surface area contributed by atoms with Crippen LogP contribution in [0.5, 0.6) is 0 Å². The molecule has 2 N–H and O–H groups in total. The predicted octanol–water partition coefficient (Wildman–Crippen LogP) is 3.38. The monoisotopic (exact) mass is 335 g/mol. The number of carbonyl (C=O) groups excluding carboxylic acids is 1. The zero-order chi connectivity index (χ0) is 15.8. The summed E-state index contributed by atoms with van der Waals surface area (Å²) in [7, 11) is 0. The number of rotatable bonds is 3. The molecular formula is C17H22ClN3O2. The van der Waals surface area contributed by atoms with Gasteiger partial charge in [-0.25, -0.2) is 4.79 Å². The van der Waals surface area contributed by atoms with Crippen molar-refractivity contribution in [3.05, 3.63) is 23.2 Å². The van der Waals surface area contributed by atoms with Crippen LogP contribution in [0.25, 0.3) is 0 Å². The molecule has 3 aliphatic rings. The molecule has 1 aromatic rings. The minimum Gasteiger partial charge on any atom is -0.373 e. The fraction of sp³-hybridized carbons (Fsp3) is 0.588. The summed E-state index contributed by atoms with van der Waals surface area (Å²) in [6.07, 6.45) is 5.99. The Morgan fingerprint density at radius 1 is 1.26 bits per heavy atom. The highest BCUT2D eigenvalue weighted by molar-refractivity contribution is 6.31. The van der Waals surface area contributed by atoms with Gasteiger partial charge >= 0.3 is 6.03 Å². The maximum atomic E-state index is 12.4. The summed E-state index contributed by atoms with van der Waals surface area (Å²) in [6, 6.07) is 5.65. The van der Waals surface area contributed by atoms with Crippen molar-refractivity contribution in [1.82, 2.24) is 5.32 Å². The SMILES string of the molecule is O=C(Nc1cc(Cl)ccc1N1CCCC1)NC1CC2CCC1O2. The Morgan fingerprint density at radius 3 is 2.78 bits per heavy atom. The first kappa shape index (κ1) is 15.1. The fourth-order valence-electron chi connectivity index (χ4n) is 3.96. The maximum Gasteiger partial charge on any atom is 0.319 e. The molecule has 3 heterocycles. The molecule has 124 valence electrons. The van der Waals surface area contributed by atoms with Crippen LogP contribution in [0.4, 0.5) is 16.2 Å². The van der Waals surface area contributed by atoms with Crippen molar-refractivity contribution in [3.8, 4) is 0 Å². The predicted molar refractivity (Wildman–Crippen MR) is 91.4 cm³/mol. The first-order chi connectivity index (χ1) is 11.2. The molecule has 0 saturated carbocycles. The number of hydrogen-bond donors (Lipinski definition) is 2. The van der Waals surface area contributed by atoms with Crippen molar-refractivity contribution in [2.24, 2.45) is 0 Å². The summed E-state index contributed by atoms with van der Waals surface area (Å²) >= 11 is 6.12. The van der Waals surface area contributed by atoms with Crippen LogP contribution in [0.3, 0.4) is 0 Å². The van der Waals surface area contributed by atoms with Crippen molar-refractivity contribution in [2.75, 3.05) is 23.3 Å². The van der Waals surface area contributed by atoms with E-state index in [2.05, 4.69) is 15.5 Å². The van der Waals surface area contributed by atoms with Gasteiger partial charge in [0, 0.05) is 18.1 Å². The summed E-state index contributed by atoms with van der Waals surface area (Å²) in [5.74, 6) is 0. The zero-order valence-corrected chi connectivity index (χ0v) is 13.8. The number of amides is 2. The minimum atomic E-state index is -0.172. The average molecular weight is 336 g/mol. The number of hydrogen-bond acceptors (Lipinski definition) is 3. The van der Waals surface area contributed by atoms with Gasteiger partial charge in [-0.05, 0) is 50.3 Å². The van der Waals surface area contributed by atoms with E-state index < -0.39 is 0 Å². The summed E-state index contributed by atoms with van der Waals surface area (Å²) in [6.45, 7) is 2.05. The molecule has 4 rings (SSSR count). The summed E-state index contributed by atoms with van der Waals surface area (Å²) in [5, 5.41) is 6.67. The Hall–Kier alpha value is -1.46. The number of nitrogens with one attached hydrogen (secondary N) is 2. The Morgan fingerprint density at radius 2 is 2.09 bits per heavy atom. The van der Waals surface area contributed by atoms with Crippen molar-refractivity contribution in [3.63, 3.8) is 0 Å². The van der Waals surface area contributed by atoms with Crippen LogP contribution in [0.2, 0.25) is 5.02 Å². The lowest BCUT2D eigenvalue weighted by atomic mass is 9.96. The number of ether oxygens (including phenoxy) is 1. The van der Waals surface area contributed by atoms with Gasteiger partial charge in [-0.15, -0.1) is 0 Å². The molecule has 5 nitrogen and oxygen atoms in total. The van der Waals surface area contributed by atoms with Crippen LogP contribution >= 0.6 is 11.6 Å². The average Bonchev–Trinajstić information content (AvgIpc) is 3.25. The molecule has 23 heavy (non-hydrogen) atoms. The molecule has 3 aliphatic heterocycles. The third kappa shape index (κ3) is 3.12. The highest BCUT2D eigenvalue weighted by atomic mass is 35.5. The van der Waals surface area contributed by atoms with E-state index >= 15 is 0 Å². The Labute approximate surface area is 141 Å². The minimum absolute atomic E-state index is 0.128. The molecule has 3 unspecified atom stereocenters. The smallest absolute Gasteiger partial charge is 0.319 e. The van der Waals surface area contributed by atoms with E-state index in [1.807, 2.05) is 18.2 Å². The number of halogens is 1. The second-order valence-corrected chi connectivity index (χ2v) is 7.11. The molecule has 0 aliphatic carbocycles. The number of benzene rings is 1. The van der Waals surface area contributed by atoms with Crippen molar-refractivity contribution in [2.45, 2.75) is 50.4 Å². The Bertz CT molecular complexity index is 604. The lowest BCUT2D eigenvalue weighted by Crippen LogP contribution is -2.43. The topological polar surface area (TPSA) is 53.6 Å². The summed E-state index contributed by atoms with van der Waals surface area (Å²) < 4.78 is 5.79. The van der Waals surface area contributed by atoms with E-state index in [0.717, 1.165) is 43.7 Å². The first-order valence-corrected chi connectivity index (χ1v) is 8.84. The standard InChI is InChI=1S/C17H22ClN3O2/c18-11-3-5-15(21-7-1-2-8-21)13(9-11)19-17(22)20-14-10-12-4-6-16(14)23-12/h3,5,9,12,14,16H,1-2,4,6-8,10H2,(H2,19,20,22). The van der Waals surface area contributed by atoms with Crippen molar-refractivity contribution in [1.29, 1.82) is 0 Å². The van der Waals surface area contributed by atoms with Crippen LogP contribution in [0.15, 0.2) is 18.2 Å². The summed E-state index contributed by atoms with van der Waals surface area (Å²) in [4.78, 5) is 14.7. The van der Waals surface area contributed by atoms with Gasteiger partial charge < -0.3 is 20.3 Å². The lowest BCUT2D eigenvalue weighted by Gasteiger charge is -2.24. The van der Waals surface area contributed by atoms with E-state index in [9.17, 15) is 4.79 Å². The van der Waals surface area contributed by atoms with Crippen LogP contribution < -0.4 is 15.5 Å². The number of anilines is 2. The fourth-order valence-corrected chi connectivity index (χ4v) is 4.13. The first-order valence-electron chi connectivity index (χ1n) is 8.46. The van der Waals surface area contributed by atoms with Gasteiger partial charge in [0.25, 0.3) is 0 Å². The van der Waals surface area contributed by atoms with E-state index in [1.165, 1.54) is 12.8 Å². The van der Waals surface area contributed by atoms with E-state index in [4.69, 9.17) is 16.3 Å². The molecule has 3 fully saturated rings. The zero-order valence-electron chi connectivity index (χ0n) is 13.1. The highest BCUT2D eigenvalue weighted by Crippen LogP contribution is 2.35. The third-order valence-electron chi connectivity index (χ3n) is 5.08. The highest BCUT2D eigenvalue weighted by Gasteiger charge is 2.41. The number of urea groups is 1. The molecule has 6 heteroatoms. The maximum absolute atomic E-state index is 12.4. The van der Waals surface area contributed by atoms with Gasteiger partial charge in [-0.2, -0.15) is 0 Å². The van der Waals surface area contributed by atoms with Crippen LogP contribution in [-0.4, -0.2) is 37.4 Å². The largest absolute Gasteiger partial charge is 0.373 e. The summed E-state index contributed by atoms with van der Waals surface area (Å²) in [5.41, 5.74) is 1.83. The van der Waals surface area contributed by atoms with Crippen molar-refractivity contribution >= 4 is 29.0 Å². The van der Waals surface area contributed by atoms with Gasteiger partial charge in [-0.1, -0.05) is 11.6 Å². The Balaban J connectivity index is 1.45. The van der Waals surface area contributed by atoms with Crippen LogP contribution in [-0.2, 0) is 4.74 Å². The molecule has 3 saturated heterocycles. The number of fused-ring (bicyclic) bond motifs is 2. The normalized spacial score (nSPS) is 29.1. The molecule has 0 radical (unpaired) electrons.